The lowest BCUT2D eigenvalue weighted by Gasteiger charge is -2.19. The van der Waals surface area contributed by atoms with Crippen molar-refractivity contribution < 1.29 is 14.3 Å². The zero-order valence-electron chi connectivity index (χ0n) is 16.4. The highest BCUT2D eigenvalue weighted by Gasteiger charge is 2.21. The van der Waals surface area contributed by atoms with Crippen LogP contribution < -0.4 is 10.1 Å². The number of rotatable bonds is 8. The molecule has 0 spiro atoms. The molecule has 0 saturated carbocycles. The summed E-state index contributed by atoms with van der Waals surface area (Å²) in [5.41, 5.74) is 0.569. The standard InChI is InChI=1S/C21H18Cl3N3O3S/c1-2-27(10-18(28)26-20-15(23)4-3-5-16(20)24)21(29)17-12-31-19(25-17)11-30-14-8-6-13(22)7-9-14/h3-9,12H,2,10-11H2,1H3,(H,26,28). The first-order valence-electron chi connectivity index (χ1n) is 9.23. The summed E-state index contributed by atoms with van der Waals surface area (Å²) < 4.78 is 5.66. The Balaban J connectivity index is 1.60. The van der Waals surface area contributed by atoms with E-state index in [9.17, 15) is 9.59 Å². The number of amides is 2. The van der Waals surface area contributed by atoms with Crippen molar-refractivity contribution in [3.63, 3.8) is 0 Å². The number of aromatic nitrogens is 1. The van der Waals surface area contributed by atoms with E-state index in [0.29, 0.717) is 38.1 Å². The summed E-state index contributed by atoms with van der Waals surface area (Å²) in [5, 5.41) is 6.20. The van der Waals surface area contributed by atoms with Crippen molar-refractivity contribution in [2.75, 3.05) is 18.4 Å². The molecule has 1 heterocycles. The van der Waals surface area contributed by atoms with Crippen molar-refractivity contribution in [1.82, 2.24) is 9.88 Å². The SMILES string of the molecule is CCN(CC(=O)Nc1c(Cl)cccc1Cl)C(=O)c1csc(COc2ccc(Cl)cc2)n1. The van der Waals surface area contributed by atoms with E-state index in [1.165, 1.54) is 16.2 Å². The number of likely N-dealkylation sites (N-methyl/N-ethyl adjacent to an activating group) is 1. The van der Waals surface area contributed by atoms with Crippen LogP contribution in [0.4, 0.5) is 5.69 Å². The molecule has 0 atom stereocenters. The van der Waals surface area contributed by atoms with Gasteiger partial charge in [-0.15, -0.1) is 11.3 Å². The third kappa shape index (κ3) is 6.33. The molecule has 10 heteroatoms. The predicted octanol–water partition coefficient (Wildman–Crippen LogP) is 5.78. The Hall–Kier alpha value is -2.32. The molecule has 162 valence electrons. The van der Waals surface area contributed by atoms with Crippen LogP contribution in [0.25, 0.3) is 0 Å². The van der Waals surface area contributed by atoms with Crippen molar-refractivity contribution in [1.29, 1.82) is 0 Å². The topological polar surface area (TPSA) is 71.5 Å². The lowest BCUT2D eigenvalue weighted by Crippen LogP contribution is -2.38. The monoisotopic (exact) mass is 497 g/mol. The van der Waals surface area contributed by atoms with E-state index in [4.69, 9.17) is 39.5 Å². The maximum absolute atomic E-state index is 12.8. The fraction of sp³-hybridized carbons (Fsp3) is 0.190. The zero-order valence-corrected chi connectivity index (χ0v) is 19.5. The van der Waals surface area contributed by atoms with Crippen LogP contribution in [0, 0.1) is 0 Å². The molecule has 1 aromatic heterocycles. The molecule has 0 unspecified atom stereocenters. The molecule has 0 saturated heterocycles. The van der Waals surface area contributed by atoms with E-state index < -0.39 is 5.91 Å². The molecule has 0 aliphatic rings. The molecular weight excluding hydrogens is 481 g/mol. The molecule has 0 aliphatic heterocycles. The van der Waals surface area contributed by atoms with Crippen molar-refractivity contribution in [3.05, 3.63) is 73.6 Å². The number of ether oxygens (including phenoxy) is 1. The third-order valence-corrected chi connectivity index (χ3v) is 5.88. The molecule has 0 fully saturated rings. The minimum Gasteiger partial charge on any atom is -0.486 e. The Morgan fingerprint density at radius 1 is 1.10 bits per heavy atom. The molecule has 0 bridgehead atoms. The summed E-state index contributed by atoms with van der Waals surface area (Å²) >= 11 is 19.3. The summed E-state index contributed by atoms with van der Waals surface area (Å²) in [6, 6.07) is 11.9. The number of hydrogen-bond acceptors (Lipinski definition) is 5. The summed E-state index contributed by atoms with van der Waals surface area (Å²) in [6.07, 6.45) is 0. The number of nitrogens with zero attached hydrogens (tertiary/aromatic N) is 2. The number of carbonyl (C=O) groups is 2. The Bertz CT molecular complexity index is 1050. The average Bonchev–Trinajstić information content (AvgIpc) is 3.23. The first kappa shape index (κ1) is 23.3. The van der Waals surface area contributed by atoms with Gasteiger partial charge in [0, 0.05) is 16.9 Å². The Morgan fingerprint density at radius 3 is 2.42 bits per heavy atom. The highest BCUT2D eigenvalue weighted by atomic mass is 35.5. The Morgan fingerprint density at radius 2 is 1.77 bits per heavy atom. The van der Waals surface area contributed by atoms with Gasteiger partial charge >= 0.3 is 0 Å². The predicted molar refractivity (Wildman–Crippen MR) is 125 cm³/mol. The fourth-order valence-corrected chi connectivity index (χ4v) is 3.91. The molecule has 2 aromatic carbocycles. The van der Waals surface area contributed by atoms with E-state index in [1.54, 1.807) is 54.8 Å². The molecule has 2 amide bonds. The number of hydrogen-bond donors (Lipinski definition) is 1. The van der Waals surface area contributed by atoms with Gasteiger partial charge in [-0.05, 0) is 43.3 Å². The molecule has 0 radical (unpaired) electrons. The number of thiazole rings is 1. The molecule has 0 aliphatic carbocycles. The van der Waals surface area contributed by atoms with Crippen LogP contribution in [-0.4, -0.2) is 34.8 Å². The number of para-hydroxylation sites is 1. The second-order valence-electron chi connectivity index (χ2n) is 6.33. The fourth-order valence-electron chi connectivity index (χ4n) is 2.61. The van der Waals surface area contributed by atoms with Crippen LogP contribution in [0.5, 0.6) is 5.75 Å². The molecule has 31 heavy (non-hydrogen) atoms. The second-order valence-corrected chi connectivity index (χ2v) is 8.53. The average molecular weight is 499 g/mol. The molecule has 1 N–H and O–H groups in total. The number of benzene rings is 2. The number of carbonyl (C=O) groups excluding carboxylic acids is 2. The normalized spacial score (nSPS) is 10.6. The van der Waals surface area contributed by atoms with E-state index in [-0.39, 0.29) is 24.8 Å². The van der Waals surface area contributed by atoms with Crippen molar-refractivity contribution in [3.8, 4) is 5.75 Å². The minimum absolute atomic E-state index is 0.162. The first-order valence-corrected chi connectivity index (χ1v) is 11.2. The van der Waals surface area contributed by atoms with E-state index in [1.807, 2.05) is 0 Å². The van der Waals surface area contributed by atoms with Crippen LogP contribution in [0.2, 0.25) is 15.1 Å². The van der Waals surface area contributed by atoms with Crippen LogP contribution >= 0.6 is 46.1 Å². The maximum atomic E-state index is 12.8. The van der Waals surface area contributed by atoms with E-state index in [2.05, 4.69) is 10.3 Å². The summed E-state index contributed by atoms with van der Waals surface area (Å²) in [5.74, 6) is -0.110. The van der Waals surface area contributed by atoms with Gasteiger partial charge < -0.3 is 15.0 Å². The van der Waals surface area contributed by atoms with E-state index >= 15 is 0 Å². The van der Waals surface area contributed by atoms with Gasteiger partial charge in [0.05, 0.1) is 15.7 Å². The Kier molecular flexibility index (Phi) is 8.15. The van der Waals surface area contributed by atoms with Crippen LogP contribution in [0.3, 0.4) is 0 Å². The van der Waals surface area contributed by atoms with Gasteiger partial charge in [0.2, 0.25) is 5.91 Å². The number of nitrogens with one attached hydrogen (secondary N) is 1. The van der Waals surface area contributed by atoms with Gasteiger partial charge in [0.25, 0.3) is 5.91 Å². The first-order chi connectivity index (χ1) is 14.9. The van der Waals surface area contributed by atoms with Crippen LogP contribution in [-0.2, 0) is 11.4 Å². The molecule has 3 rings (SSSR count). The Labute approximate surface area is 198 Å². The summed E-state index contributed by atoms with van der Waals surface area (Å²) in [7, 11) is 0. The van der Waals surface area contributed by atoms with Gasteiger partial charge in [0.15, 0.2) is 0 Å². The van der Waals surface area contributed by atoms with Crippen LogP contribution in [0.1, 0.15) is 22.4 Å². The lowest BCUT2D eigenvalue weighted by molar-refractivity contribution is -0.116. The van der Waals surface area contributed by atoms with Gasteiger partial charge in [0.1, 0.15) is 29.6 Å². The molecule has 3 aromatic rings. The summed E-state index contributed by atoms with van der Waals surface area (Å²) in [6.45, 7) is 2.17. The highest BCUT2D eigenvalue weighted by Crippen LogP contribution is 2.29. The highest BCUT2D eigenvalue weighted by molar-refractivity contribution is 7.09. The lowest BCUT2D eigenvalue weighted by atomic mass is 10.3. The van der Waals surface area contributed by atoms with Gasteiger partial charge in [-0.3, -0.25) is 9.59 Å². The largest absolute Gasteiger partial charge is 0.486 e. The minimum atomic E-state index is -0.410. The number of halogens is 3. The number of anilines is 1. The maximum Gasteiger partial charge on any atom is 0.273 e. The van der Waals surface area contributed by atoms with E-state index in [0.717, 1.165) is 0 Å². The van der Waals surface area contributed by atoms with Crippen molar-refractivity contribution >= 4 is 63.6 Å². The van der Waals surface area contributed by atoms with Gasteiger partial charge in [-0.1, -0.05) is 40.9 Å². The smallest absolute Gasteiger partial charge is 0.273 e. The second kappa shape index (κ2) is 10.8. The molecular formula is C21H18Cl3N3O3S. The van der Waals surface area contributed by atoms with Crippen LogP contribution in [0.15, 0.2) is 47.8 Å². The van der Waals surface area contributed by atoms with Gasteiger partial charge in [-0.25, -0.2) is 4.98 Å². The summed E-state index contributed by atoms with van der Waals surface area (Å²) in [4.78, 5) is 31.0. The van der Waals surface area contributed by atoms with Gasteiger partial charge in [-0.2, -0.15) is 0 Å². The quantitative estimate of drug-likeness (QED) is 0.427. The van der Waals surface area contributed by atoms with Crippen molar-refractivity contribution in [2.24, 2.45) is 0 Å². The zero-order chi connectivity index (χ0) is 22.4. The molecule has 6 nitrogen and oxygen atoms in total. The van der Waals surface area contributed by atoms with Crippen molar-refractivity contribution in [2.45, 2.75) is 13.5 Å². The third-order valence-electron chi connectivity index (χ3n) is 4.18.